The van der Waals surface area contributed by atoms with Crippen LogP contribution in [0.2, 0.25) is 0 Å². The van der Waals surface area contributed by atoms with Crippen molar-refractivity contribution in [3.63, 3.8) is 0 Å². The van der Waals surface area contributed by atoms with Gasteiger partial charge in [-0.3, -0.25) is 4.79 Å². The van der Waals surface area contributed by atoms with E-state index in [1.807, 2.05) is 31.2 Å². The van der Waals surface area contributed by atoms with Gasteiger partial charge in [-0.15, -0.1) is 0 Å². The number of nitrogens with one attached hydrogen (secondary N) is 1. The molecule has 4 nitrogen and oxygen atoms in total. The van der Waals surface area contributed by atoms with Crippen molar-refractivity contribution in [1.29, 1.82) is 0 Å². The van der Waals surface area contributed by atoms with E-state index in [1.165, 1.54) is 0 Å². The lowest BCUT2D eigenvalue weighted by Gasteiger charge is -2.14. The van der Waals surface area contributed by atoms with E-state index in [-0.39, 0.29) is 25.2 Å². The predicted octanol–water partition coefficient (Wildman–Crippen LogP) is 1.90. The largest absolute Gasteiger partial charge is 0.483 e. The molecule has 0 aliphatic heterocycles. The van der Waals surface area contributed by atoms with Crippen LogP contribution in [0.1, 0.15) is 32.3 Å². The van der Waals surface area contributed by atoms with Gasteiger partial charge in [-0.25, -0.2) is 0 Å². The molecule has 1 atom stereocenters. The second-order valence-electron chi connectivity index (χ2n) is 4.63. The summed E-state index contributed by atoms with van der Waals surface area (Å²) in [6, 6.07) is 7.63. The molecule has 0 aliphatic carbocycles. The lowest BCUT2D eigenvalue weighted by atomic mass is 10.1. The average Bonchev–Trinajstić information content (AvgIpc) is 2.38. The van der Waals surface area contributed by atoms with Gasteiger partial charge in [0.25, 0.3) is 5.91 Å². The van der Waals surface area contributed by atoms with Crippen LogP contribution < -0.4 is 10.1 Å². The lowest BCUT2D eigenvalue weighted by molar-refractivity contribution is -0.123. The second kappa shape index (κ2) is 8.53. The predicted molar refractivity (Wildman–Crippen MR) is 75.2 cm³/mol. The Labute approximate surface area is 114 Å². The van der Waals surface area contributed by atoms with Gasteiger partial charge in [-0.2, -0.15) is 0 Å². The van der Waals surface area contributed by atoms with Gasteiger partial charge < -0.3 is 15.2 Å². The van der Waals surface area contributed by atoms with Crippen molar-refractivity contribution in [1.82, 2.24) is 5.32 Å². The van der Waals surface area contributed by atoms with Crippen molar-refractivity contribution >= 4 is 5.91 Å². The molecule has 0 aromatic heterocycles. The van der Waals surface area contributed by atoms with Crippen molar-refractivity contribution in [3.8, 4) is 5.75 Å². The standard InChI is InChI=1S/C15H23NO3/c1-3-6-12(2)16-15(18)11-19-14-8-5-4-7-13(14)9-10-17/h4-5,7-8,12,17H,3,6,9-11H2,1-2H3,(H,16,18). The summed E-state index contributed by atoms with van der Waals surface area (Å²) in [4.78, 5) is 11.7. The molecule has 0 bridgehead atoms. The summed E-state index contributed by atoms with van der Waals surface area (Å²) in [6.45, 7) is 4.15. The van der Waals surface area contributed by atoms with Crippen LogP contribution >= 0.6 is 0 Å². The molecule has 0 saturated carbocycles. The molecule has 0 radical (unpaired) electrons. The molecule has 0 spiro atoms. The molecule has 0 aliphatic rings. The third-order valence-electron chi connectivity index (χ3n) is 2.84. The number of aliphatic hydroxyl groups is 1. The van der Waals surface area contributed by atoms with Gasteiger partial charge in [-0.1, -0.05) is 31.5 Å². The summed E-state index contributed by atoms with van der Waals surface area (Å²) in [5, 5.41) is 11.9. The highest BCUT2D eigenvalue weighted by molar-refractivity contribution is 5.77. The minimum atomic E-state index is -0.111. The van der Waals surface area contributed by atoms with Gasteiger partial charge in [0.05, 0.1) is 0 Å². The summed E-state index contributed by atoms with van der Waals surface area (Å²) < 4.78 is 5.51. The topological polar surface area (TPSA) is 58.6 Å². The Hall–Kier alpha value is -1.55. The molecule has 1 unspecified atom stereocenters. The zero-order valence-electron chi connectivity index (χ0n) is 11.7. The van der Waals surface area contributed by atoms with Gasteiger partial charge in [0.1, 0.15) is 5.75 Å². The number of rotatable bonds is 8. The van der Waals surface area contributed by atoms with Crippen molar-refractivity contribution in [2.24, 2.45) is 0 Å². The summed E-state index contributed by atoms with van der Waals surface area (Å²) in [7, 11) is 0. The van der Waals surface area contributed by atoms with Crippen LogP contribution in [0.4, 0.5) is 0 Å². The first-order valence-electron chi connectivity index (χ1n) is 6.78. The fourth-order valence-corrected chi connectivity index (χ4v) is 1.94. The lowest BCUT2D eigenvalue weighted by Crippen LogP contribution is -2.36. The van der Waals surface area contributed by atoms with Gasteiger partial charge >= 0.3 is 0 Å². The molecule has 1 aromatic rings. The first-order chi connectivity index (χ1) is 9.17. The van der Waals surface area contributed by atoms with Crippen molar-refractivity contribution in [2.75, 3.05) is 13.2 Å². The second-order valence-corrected chi connectivity index (χ2v) is 4.63. The molecular formula is C15H23NO3. The van der Waals surface area contributed by atoms with Crippen LogP contribution in [0, 0.1) is 0 Å². The molecular weight excluding hydrogens is 242 g/mol. The molecule has 0 heterocycles. The first-order valence-corrected chi connectivity index (χ1v) is 6.78. The fraction of sp³-hybridized carbons (Fsp3) is 0.533. The Morgan fingerprint density at radius 1 is 1.42 bits per heavy atom. The number of hydrogen-bond donors (Lipinski definition) is 2. The fourth-order valence-electron chi connectivity index (χ4n) is 1.94. The van der Waals surface area contributed by atoms with E-state index in [4.69, 9.17) is 9.84 Å². The third-order valence-corrected chi connectivity index (χ3v) is 2.84. The normalized spacial score (nSPS) is 11.9. The average molecular weight is 265 g/mol. The van der Waals surface area contributed by atoms with Crippen LogP contribution in [0.15, 0.2) is 24.3 Å². The number of carbonyl (C=O) groups is 1. The van der Waals surface area contributed by atoms with Crippen molar-refractivity contribution < 1.29 is 14.6 Å². The highest BCUT2D eigenvalue weighted by Gasteiger charge is 2.08. The van der Waals surface area contributed by atoms with E-state index < -0.39 is 0 Å². The summed E-state index contributed by atoms with van der Waals surface area (Å²) in [5.41, 5.74) is 0.916. The maximum atomic E-state index is 11.7. The quantitative estimate of drug-likeness (QED) is 0.755. The number of benzene rings is 1. The Bertz CT molecular complexity index is 393. The Morgan fingerprint density at radius 2 is 2.16 bits per heavy atom. The minimum Gasteiger partial charge on any atom is -0.483 e. The van der Waals surface area contributed by atoms with E-state index in [9.17, 15) is 4.79 Å². The minimum absolute atomic E-state index is 0.0104. The van der Waals surface area contributed by atoms with Crippen LogP contribution in [0.25, 0.3) is 0 Å². The maximum Gasteiger partial charge on any atom is 0.258 e. The van der Waals surface area contributed by atoms with E-state index in [0.29, 0.717) is 12.2 Å². The molecule has 0 saturated heterocycles. The van der Waals surface area contributed by atoms with E-state index in [2.05, 4.69) is 12.2 Å². The monoisotopic (exact) mass is 265 g/mol. The smallest absolute Gasteiger partial charge is 0.258 e. The number of aliphatic hydroxyl groups excluding tert-OH is 1. The van der Waals surface area contributed by atoms with Crippen LogP contribution in [0.3, 0.4) is 0 Å². The zero-order chi connectivity index (χ0) is 14.1. The first kappa shape index (κ1) is 15.5. The molecule has 19 heavy (non-hydrogen) atoms. The summed E-state index contributed by atoms with van der Waals surface area (Å²) in [5.74, 6) is 0.551. The SMILES string of the molecule is CCCC(C)NC(=O)COc1ccccc1CCO. The number of amides is 1. The third kappa shape index (κ3) is 5.75. The molecule has 106 valence electrons. The number of hydrogen-bond acceptors (Lipinski definition) is 3. The highest BCUT2D eigenvalue weighted by Crippen LogP contribution is 2.18. The van der Waals surface area contributed by atoms with Gasteiger partial charge in [0, 0.05) is 12.6 Å². The van der Waals surface area contributed by atoms with Crippen LogP contribution in [-0.2, 0) is 11.2 Å². The van der Waals surface area contributed by atoms with Crippen LogP contribution in [-0.4, -0.2) is 30.3 Å². The molecule has 4 heteroatoms. The number of para-hydroxylation sites is 1. The maximum absolute atomic E-state index is 11.7. The van der Waals surface area contributed by atoms with Gasteiger partial charge in [-0.05, 0) is 31.4 Å². The molecule has 0 fully saturated rings. The Kier molecular flexibility index (Phi) is 6.97. The Balaban J connectivity index is 2.45. The van der Waals surface area contributed by atoms with E-state index in [1.54, 1.807) is 0 Å². The Morgan fingerprint density at radius 3 is 2.84 bits per heavy atom. The molecule has 2 N–H and O–H groups in total. The van der Waals surface area contributed by atoms with Crippen molar-refractivity contribution in [3.05, 3.63) is 29.8 Å². The summed E-state index contributed by atoms with van der Waals surface area (Å²) >= 11 is 0. The van der Waals surface area contributed by atoms with Crippen molar-refractivity contribution in [2.45, 2.75) is 39.2 Å². The van der Waals surface area contributed by atoms with E-state index >= 15 is 0 Å². The van der Waals surface area contributed by atoms with Gasteiger partial charge in [0.2, 0.25) is 0 Å². The molecule has 1 aromatic carbocycles. The number of ether oxygens (including phenoxy) is 1. The van der Waals surface area contributed by atoms with Gasteiger partial charge in [0.15, 0.2) is 6.61 Å². The van der Waals surface area contributed by atoms with E-state index in [0.717, 1.165) is 18.4 Å². The molecule has 1 amide bonds. The van der Waals surface area contributed by atoms with Crippen LogP contribution in [0.5, 0.6) is 5.75 Å². The molecule has 1 rings (SSSR count). The zero-order valence-corrected chi connectivity index (χ0v) is 11.7. The number of carbonyl (C=O) groups excluding carboxylic acids is 1. The highest BCUT2D eigenvalue weighted by atomic mass is 16.5. The summed E-state index contributed by atoms with van der Waals surface area (Å²) in [6.07, 6.45) is 2.54.